The van der Waals surface area contributed by atoms with Gasteiger partial charge in [0.15, 0.2) is 0 Å². The first-order valence-corrected chi connectivity index (χ1v) is 6.00. The molecule has 0 saturated carbocycles. The summed E-state index contributed by atoms with van der Waals surface area (Å²) >= 11 is 0. The van der Waals surface area contributed by atoms with E-state index in [1.165, 1.54) is 0 Å². The highest BCUT2D eigenvalue weighted by molar-refractivity contribution is 6.74. The van der Waals surface area contributed by atoms with Crippen molar-refractivity contribution in [1.29, 1.82) is 0 Å². The molecule has 0 unspecified atom stereocenters. The molecule has 0 aliphatic heterocycles. The number of hydrogen-bond donors (Lipinski definition) is 0. The predicted molar refractivity (Wildman–Crippen MR) is 32.5 cm³/mol. The Morgan fingerprint density at radius 3 is 0.833 bits per heavy atom. The average molecular weight is 100 g/mol. The summed E-state index contributed by atoms with van der Waals surface area (Å²) in [6, 6.07) is 0. The average Bonchev–Trinajstić information content (AvgIpc) is 0.722. The van der Waals surface area contributed by atoms with E-state index in [-0.39, 0.29) is 7.43 Å². The zero-order valence-corrected chi connectivity index (χ0v) is 6.00. The van der Waals surface area contributed by atoms with Crippen molar-refractivity contribution in [2.75, 3.05) is 0 Å². The summed E-state index contributed by atoms with van der Waals surface area (Å²) in [5.41, 5.74) is 0. The first kappa shape index (κ1) is 9.52. The molecular formula is C5H12Si. The molecule has 0 aromatic heterocycles. The summed E-state index contributed by atoms with van der Waals surface area (Å²) in [7, 11) is -0.611. The third kappa shape index (κ3) is 928. The van der Waals surface area contributed by atoms with Crippen LogP contribution in [0.25, 0.3) is 0 Å². The van der Waals surface area contributed by atoms with Crippen LogP contribution >= 0.6 is 0 Å². The second-order valence-corrected chi connectivity index (χ2v) is 9.00. The molecule has 0 aromatic carbocycles. The molecule has 0 aromatic rings. The molecule has 0 bridgehead atoms. The Labute approximate surface area is 42.6 Å². The van der Waals surface area contributed by atoms with E-state index in [0.717, 1.165) is 0 Å². The van der Waals surface area contributed by atoms with Gasteiger partial charge in [0.25, 0.3) is 0 Å². The van der Waals surface area contributed by atoms with Crippen molar-refractivity contribution in [2.24, 2.45) is 0 Å². The van der Waals surface area contributed by atoms with E-state index in [1.54, 1.807) is 0 Å². The van der Waals surface area contributed by atoms with Crippen LogP contribution in [0, 0.1) is 7.43 Å². The smallest absolute Gasteiger partial charge is 0.0411 e. The summed E-state index contributed by atoms with van der Waals surface area (Å²) in [4.78, 5) is 0. The predicted octanol–water partition coefficient (Wildman–Crippen LogP) is 2.04. The highest BCUT2D eigenvalue weighted by Crippen LogP contribution is 1.94. The second-order valence-electron chi connectivity index (χ2n) is 3.00. The Hall–Kier alpha value is 0.217. The summed E-state index contributed by atoms with van der Waals surface area (Å²) in [6.07, 6.45) is 0. The highest BCUT2D eigenvalue weighted by Gasteiger charge is 1.99. The third-order valence-corrected chi connectivity index (χ3v) is 0. The van der Waals surface area contributed by atoms with Gasteiger partial charge in [-0.1, -0.05) is 26.2 Å². The SMILES string of the molecule is C[Si](C)(C)C.[C]. The van der Waals surface area contributed by atoms with Crippen LogP contribution in [0.15, 0.2) is 0 Å². The zero-order valence-electron chi connectivity index (χ0n) is 5.00. The normalized spacial score (nSPS) is 10.0. The molecule has 0 fully saturated rings. The van der Waals surface area contributed by atoms with Crippen molar-refractivity contribution in [3.8, 4) is 0 Å². The van der Waals surface area contributed by atoms with Gasteiger partial charge in [0, 0.05) is 15.5 Å². The Morgan fingerprint density at radius 2 is 0.833 bits per heavy atom. The van der Waals surface area contributed by atoms with Crippen LogP contribution < -0.4 is 0 Å². The van der Waals surface area contributed by atoms with E-state index in [9.17, 15) is 0 Å². The first-order chi connectivity index (χ1) is 2.00. The second kappa shape index (κ2) is 2.40. The highest BCUT2D eigenvalue weighted by atomic mass is 28.3. The monoisotopic (exact) mass is 100 g/mol. The van der Waals surface area contributed by atoms with E-state index in [0.29, 0.717) is 0 Å². The molecule has 0 rings (SSSR count). The molecule has 0 nitrogen and oxygen atoms in total. The molecule has 0 N–H and O–H groups in total. The minimum Gasteiger partial charge on any atom is -0.0697 e. The molecule has 1 heteroatoms. The maximum absolute atomic E-state index is 2.33. The molecule has 36 valence electrons. The topological polar surface area (TPSA) is 0 Å². The van der Waals surface area contributed by atoms with Gasteiger partial charge in [0.2, 0.25) is 0 Å². The minimum absolute atomic E-state index is 0. The van der Waals surface area contributed by atoms with Crippen LogP contribution in [0.4, 0.5) is 0 Å². The number of hydrogen-bond acceptors (Lipinski definition) is 0. The molecule has 0 amide bonds. The Balaban J connectivity index is 0. The van der Waals surface area contributed by atoms with Crippen molar-refractivity contribution in [3.05, 3.63) is 7.43 Å². The van der Waals surface area contributed by atoms with Crippen LogP contribution in [0.1, 0.15) is 0 Å². The first-order valence-electron chi connectivity index (χ1n) is 2.00. The van der Waals surface area contributed by atoms with Gasteiger partial charge in [-0.05, 0) is 0 Å². The minimum atomic E-state index is -0.611. The summed E-state index contributed by atoms with van der Waals surface area (Å²) in [6.45, 7) is 9.31. The van der Waals surface area contributed by atoms with E-state index < -0.39 is 8.07 Å². The maximum Gasteiger partial charge on any atom is 0.0411 e. The molecule has 6 heavy (non-hydrogen) atoms. The van der Waals surface area contributed by atoms with Crippen molar-refractivity contribution in [2.45, 2.75) is 26.2 Å². The fraction of sp³-hybridized carbons (Fsp3) is 0.800. The lowest BCUT2D eigenvalue weighted by atomic mass is 11.8. The summed E-state index contributed by atoms with van der Waals surface area (Å²) < 4.78 is 0. The summed E-state index contributed by atoms with van der Waals surface area (Å²) in [5.74, 6) is 0. The van der Waals surface area contributed by atoms with Crippen LogP contribution in [0.5, 0.6) is 0 Å². The molecule has 0 saturated heterocycles. The molecule has 0 atom stereocenters. The van der Waals surface area contributed by atoms with Gasteiger partial charge < -0.3 is 0 Å². The van der Waals surface area contributed by atoms with Gasteiger partial charge in [-0.2, -0.15) is 0 Å². The van der Waals surface area contributed by atoms with Crippen molar-refractivity contribution in [1.82, 2.24) is 0 Å². The molecule has 4 radical (unpaired) electrons. The third-order valence-electron chi connectivity index (χ3n) is 0. The van der Waals surface area contributed by atoms with E-state index >= 15 is 0 Å². The largest absolute Gasteiger partial charge is 0.0697 e. The lowest BCUT2D eigenvalue weighted by Gasteiger charge is -2.01. The van der Waals surface area contributed by atoms with Crippen molar-refractivity contribution >= 4 is 8.07 Å². The van der Waals surface area contributed by atoms with Crippen molar-refractivity contribution in [3.63, 3.8) is 0 Å². The lowest BCUT2D eigenvalue weighted by molar-refractivity contribution is 1.71. The van der Waals surface area contributed by atoms with E-state index in [2.05, 4.69) is 26.2 Å². The Kier molecular flexibility index (Phi) is 3.81. The van der Waals surface area contributed by atoms with Crippen LogP contribution in [0.3, 0.4) is 0 Å². The van der Waals surface area contributed by atoms with Gasteiger partial charge in [0.05, 0.1) is 0 Å². The van der Waals surface area contributed by atoms with Gasteiger partial charge in [-0.3, -0.25) is 0 Å². The van der Waals surface area contributed by atoms with Gasteiger partial charge in [-0.25, -0.2) is 0 Å². The van der Waals surface area contributed by atoms with Gasteiger partial charge in [0.1, 0.15) is 0 Å². The molecule has 0 aliphatic carbocycles. The Bertz CT molecular complexity index is 19.4. The van der Waals surface area contributed by atoms with Crippen LogP contribution in [-0.2, 0) is 0 Å². The van der Waals surface area contributed by atoms with E-state index in [1.807, 2.05) is 0 Å². The standard InChI is InChI=1S/C4H12Si.C/c1-5(2,3)4;/h1-4H3;. The van der Waals surface area contributed by atoms with Crippen molar-refractivity contribution < 1.29 is 0 Å². The number of rotatable bonds is 0. The van der Waals surface area contributed by atoms with E-state index in [4.69, 9.17) is 0 Å². The fourth-order valence-electron chi connectivity index (χ4n) is 0. The van der Waals surface area contributed by atoms with Gasteiger partial charge >= 0.3 is 0 Å². The van der Waals surface area contributed by atoms with Crippen LogP contribution in [-0.4, -0.2) is 8.07 Å². The van der Waals surface area contributed by atoms with Gasteiger partial charge in [-0.15, -0.1) is 0 Å². The lowest BCUT2D eigenvalue weighted by Crippen LogP contribution is -2.10. The quantitative estimate of drug-likeness (QED) is 0.409. The van der Waals surface area contributed by atoms with Crippen LogP contribution in [0.2, 0.25) is 26.2 Å². The maximum atomic E-state index is 2.33. The summed E-state index contributed by atoms with van der Waals surface area (Å²) in [5, 5.41) is 0. The Morgan fingerprint density at radius 1 is 0.833 bits per heavy atom. The molecule has 0 aliphatic rings. The zero-order chi connectivity index (χ0) is 4.50. The molecular weight excluding hydrogens is 88.1 g/mol. The molecule has 0 spiro atoms. The molecule has 0 heterocycles. The fourth-order valence-corrected chi connectivity index (χ4v) is 0.